The van der Waals surface area contributed by atoms with Crippen LogP contribution in [0.15, 0.2) is 0 Å². The maximum atomic E-state index is 12.0. The Hall–Kier alpha value is 0.230. The van der Waals surface area contributed by atoms with Gasteiger partial charge in [-0.05, 0) is 38.0 Å². The normalized spacial score (nSPS) is 31.5. The van der Waals surface area contributed by atoms with E-state index < -0.39 is 12.3 Å². The van der Waals surface area contributed by atoms with Gasteiger partial charge < -0.3 is 5.11 Å². The molecular formula is C9H14BrF3O. The molecule has 1 atom stereocenters. The molecule has 0 saturated heterocycles. The van der Waals surface area contributed by atoms with Crippen LogP contribution in [0.5, 0.6) is 0 Å². The smallest absolute Gasteiger partial charge is 0.384 e. The molecule has 1 saturated carbocycles. The van der Waals surface area contributed by atoms with E-state index in [4.69, 9.17) is 5.11 Å². The van der Waals surface area contributed by atoms with E-state index in [1.54, 1.807) is 0 Å². The number of alkyl halides is 4. The maximum Gasteiger partial charge on any atom is 0.414 e. The minimum atomic E-state index is -4.45. The summed E-state index contributed by atoms with van der Waals surface area (Å²) in [5.74, 6) is 0.0282. The van der Waals surface area contributed by atoms with Crippen LogP contribution in [0.4, 0.5) is 13.2 Å². The van der Waals surface area contributed by atoms with Gasteiger partial charge >= 0.3 is 6.18 Å². The number of aliphatic hydroxyl groups is 1. The van der Waals surface area contributed by atoms with Crippen molar-refractivity contribution in [2.75, 3.05) is 0 Å². The first kappa shape index (κ1) is 12.3. The first-order valence-corrected chi connectivity index (χ1v) is 5.70. The monoisotopic (exact) mass is 274 g/mol. The Balaban J connectivity index is 2.31. The van der Waals surface area contributed by atoms with Crippen LogP contribution in [0.25, 0.3) is 0 Å². The standard InChI is InChI=1S/C9H14BrF3O/c10-7-3-1-6(2-4-7)5-8(14)9(11,12)13/h6-8,14H,1-5H2. The van der Waals surface area contributed by atoms with Crippen molar-refractivity contribution < 1.29 is 18.3 Å². The molecule has 1 fully saturated rings. The van der Waals surface area contributed by atoms with Crippen molar-refractivity contribution in [1.29, 1.82) is 0 Å². The van der Waals surface area contributed by atoms with Crippen molar-refractivity contribution in [3.63, 3.8) is 0 Å². The highest BCUT2D eigenvalue weighted by atomic mass is 79.9. The Kier molecular flexibility index (Phi) is 4.25. The molecule has 14 heavy (non-hydrogen) atoms. The topological polar surface area (TPSA) is 20.2 Å². The van der Waals surface area contributed by atoms with Crippen LogP contribution < -0.4 is 0 Å². The molecule has 0 amide bonds. The molecule has 1 rings (SSSR count). The van der Waals surface area contributed by atoms with Gasteiger partial charge in [0.25, 0.3) is 0 Å². The third-order valence-electron chi connectivity index (χ3n) is 2.71. The van der Waals surface area contributed by atoms with Crippen LogP contribution >= 0.6 is 15.9 Å². The fourth-order valence-electron chi connectivity index (χ4n) is 1.81. The summed E-state index contributed by atoms with van der Waals surface area (Å²) in [5, 5.41) is 8.87. The second-order valence-corrected chi connectivity index (χ2v) is 5.21. The molecule has 0 spiro atoms. The van der Waals surface area contributed by atoms with Crippen molar-refractivity contribution in [1.82, 2.24) is 0 Å². The molecule has 1 N–H and O–H groups in total. The summed E-state index contributed by atoms with van der Waals surface area (Å²) in [5.41, 5.74) is 0. The van der Waals surface area contributed by atoms with Gasteiger partial charge in [-0.1, -0.05) is 15.9 Å². The van der Waals surface area contributed by atoms with Crippen LogP contribution in [0.1, 0.15) is 32.1 Å². The summed E-state index contributed by atoms with van der Waals surface area (Å²) < 4.78 is 36.1. The van der Waals surface area contributed by atoms with Gasteiger partial charge in [0, 0.05) is 4.83 Å². The number of hydrogen-bond donors (Lipinski definition) is 1. The first-order valence-electron chi connectivity index (χ1n) is 4.78. The van der Waals surface area contributed by atoms with E-state index in [0.717, 1.165) is 25.7 Å². The summed E-state index contributed by atoms with van der Waals surface area (Å²) >= 11 is 3.44. The van der Waals surface area contributed by atoms with E-state index >= 15 is 0 Å². The van der Waals surface area contributed by atoms with Gasteiger partial charge in [0.1, 0.15) is 6.10 Å². The van der Waals surface area contributed by atoms with Crippen LogP contribution in [-0.4, -0.2) is 22.2 Å². The maximum absolute atomic E-state index is 12.0. The van der Waals surface area contributed by atoms with E-state index in [1.807, 2.05) is 0 Å². The third kappa shape index (κ3) is 3.77. The first-order chi connectivity index (χ1) is 6.39. The van der Waals surface area contributed by atoms with Gasteiger partial charge in [-0.15, -0.1) is 0 Å². The fourth-order valence-corrected chi connectivity index (χ4v) is 2.34. The highest BCUT2D eigenvalue weighted by Gasteiger charge is 2.39. The van der Waals surface area contributed by atoms with Crippen LogP contribution in [-0.2, 0) is 0 Å². The second-order valence-electron chi connectivity index (χ2n) is 3.91. The van der Waals surface area contributed by atoms with E-state index in [2.05, 4.69) is 15.9 Å². The predicted octanol–water partition coefficient (Wildman–Crippen LogP) is 3.25. The lowest BCUT2D eigenvalue weighted by Crippen LogP contribution is -2.31. The molecule has 1 unspecified atom stereocenters. The molecule has 1 aliphatic rings. The molecule has 1 aliphatic carbocycles. The van der Waals surface area contributed by atoms with Crippen molar-refractivity contribution in [2.24, 2.45) is 5.92 Å². The van der Waals surface area contributed by atoms with Crippen molar-refractivity contribution in [2.45, 2.75) is 49.2 Å². The van der Waals surface area contributed by atoms with Crippen molar-refractivity contribution in [3.05, 3.63) is 0 Å². The Morgan fingerprint density at radius 3 is 2.14 bits per heavy atom. The Morgan fingerprint density at radius 2 is 1.71 bits per heavy atom. The number of hydrogen-bond acceptors (Lipinski definition) is 1. The van der Waals surface area contributed by atoms with Crippen molar-refractivity contribution >= 4 is 15.9 Å². The largest absolute Gasteiger partial charge is 0.414 e. The average Bonchev–Trinajstić information content (AvgIpc) is 2.07. The lowest BCUT2D eigenvalue weighted by atomic mass is 9.85. The zero-order valence-corrected chi connectivity index (χ0v) is 9.31. The summed E-state index contributed by atoms with van der Waals surface area (Å²) in [4.78, 5) is 0.446. The van der Waals surface area contributed by atoms with E-state index in [0.29, 0.717) is 4.83 Å². The predicted molar refractivity (Wildman–Crippen MR) is 51.4 cm³/mol. The van der Waals surface area contributed by atoms with Crippen LogP contribution in [0.2, 0.25) is 0 Å². The van der Waals surface area contributed by atoms with Gasteiger partial charge in [0.2, 0.25) is 0 Å². The number of rotatable bonds is 2. The molecule has 0 heterocycles. The van der Waals surface area contributed by atoms with Gasteiger partial charge in [-0.2, -0.15) is 13.2 Å². The summed E-state index contributed by atoms with van der Waals surface area (Å²) in [7, 11) is 0. The zero-order valence-electron chi connectivity index (χ0n) is 7.73. The molecule has 0 radical (unpaired) electrons. The summed E-state index contributed by atoms with van der Waals surface area (Å²) in [6.07, 6.45) is -3.34. The molecular weight excluding hydrogens is 261 g/mol. The van der Waals surface area contributed by atoms with Crippen LogP contribution in [0.3, 0.4) is 0 Å². The van der Waals surface area contributed by atoms with Gasteiger partial charge in [-0.3, -0.25) is 0 Å². The minimum absolute atomic E-state index is 0.0282. The van der Waals surface area contributed by atoms with E-state index in [1.165, 1.54) is 0 Å². The van der Waals surface area contributed by atoms with E-state index in [9.17, 15) is 13.2 Å². The highest BCUT2D eigenvalue weighted by Crippen LogP contribution is 2.34. The molecule has 0 aromatic rings. The lowest BCUT2D eigenvalue weighted by Gasteiger charge is -2.27. The van der Waals surface area contributed by atoms with E-state index in [-0.39, 0.29) is 12.3 Å². The summed E-state index contributed by atoms with van der Waals surface area (Å²) in [6.45, 7) is 0. The Bertz CT molecular complexity index is 175. The molecule has 0 aliphatic heterocycles. The second kappa shape index (κ2) is 4.84. The molecule has 0 aromatic heterocycles. The third-order valence-corrected chi connectivity index (χ3v) is 3.63. The molecule has 84 valence electrons. The quantitative estimate of drug-likeness (QED) is 0.767. The minimum Gasteiger partial charge on any atom is -0.384 e. The highest BCUT2D eigenvalue weighted by molar-refractivity contribution is 9.09. The lowest BCUT2D eigenvalue weighted by molar-refractivity contribution is -0.209. The fraction of sp³-hybridized carbons (Fsp3) is 1.00. The van der Waals surface area contributed by atoms with Crippen molar-refractivity contribution in [3.8, 4) is 0 Å². The van der Waals surface area contributed by atoms with Gasteiger partial charge in [0.05, 0.1) is 0 Å². The molecule has 5 heteroatoms. The number of halogens is 4. The average molecular weight is 275 g/mol. The zero-order chi connectivity index (χ0) is 10.8. The Labute approximate surface area is 89.8 Å². The van der Waals surface area contributed by atoms with Crippen LogP contribution in [0, 0.1) is 5.92 Å². The SMILES string of the molecule is OC(CC1CCC(Br)CC1)C(F)(F)F. The number of aliphatic hydroxyl groups excluding tert-OH is 1. The molecule has 0 aromatic carbocycles. The molecule has 0 bridgehead atoms. The van der Waals surface area contributed by atoms with Gasteiger partial charge in [0.15, 0.2) is 0 Å². The summed E-state index contributed by atoms with van der Waals surface area (Å²) in [6, 6.07) is 0. The molecule has 1 nitrogen and oxygen atoms in total. The van der Waals surface area contributed by atoms with Gasteiger partial charge in [-0.25, -0.2) is 0 Å². The Morgan fingerprint density at radius 1 is 1.21 bits per heavy atom.